The highest BCUT2D eigenvalue weighted by Gasteiger charge is 1.82. The third-order valence-electron chi connectivity index (χ3n) is 0.287. The Morgan fingerprint density at radius 3 is 1.77 bits per heavy atom. The van der Waals surface area contributed by atoms with Crippen LogP contribution in [0.4, 0.5) is 9.59 Å². The summed E-state index contributed by atoms with van der Waals surface area (Å²) >= 11 is 0. The average molecular weight is 194 g/mol. The van der Waals surface area contributed by atoms with Gasteiger partial charge in [0, 0.05) is 0 Å². The third kappa shape index (κ3) is 735. The second kappa shape index (κ2) is 16.5. The summed E-state index contributed by atoms with van der Waals surface area (Å²) in [5, 5.41) is 19.3. The van der Waals surface area contributed by atoms with Gasteiger partial charge in [-0.3, -0.25) is 0 Å². The van der Waals surface area contributed by atoms with Gasteiger partial charge in [-0.2, -0.15) is 0 Å². The van der Waals surface area contributed by atoms with Crippen molar-refractivity contribution in [3.05, 3.63) is 0 Å². The van der Waals surface area contributed by atoms with Crippen molar-refractivity contribution in [1.29, 1.82) is 5.41 Å². The van der Waals surface area contributed by atoms with Crippen LogP contribution in [0.1, 0.15) is 6.92 Å². The maximum Gasteiger partial charge on any atom is 0.503 e. The average Bonchev–Trinajstić information content (AvgIpc) is 1.86. The highest BCUT2D eigenvalue weighted by molar-refractivity contribution is 5.64. The molecule has 0 saturated heterocycles. The van der Waals surface area contributed by atoms with Gasteiger partial charge in [0.05, 0.1) is 6.61 Å². The first-order chi connectivity index (χ1) is 5.92. The summed E-state index contributed by atoms with van der Waals surface area (Å²) < 4.78 is 4.18. The lowest BCUT2D eigenvalue weighted by Gasteiger charge is -1.89. The van der Waals surface area contributed by atoms with Crippen LogP contribution < -0.4 is 5.73 Å². The number of hydrogen-bond acceptors (Lipinski definition) is 5. The molecule has 0 aliphatic rings. The lowest BCUT2D eigenvalue weighted by Crippen LogP contribution is -2.11. The van der Waals surface area contributed by atoms with E-state index in [1.54, 1.807) is 6.92 Å². The predicted octanol–water partition coefficient (Wildman–Crippen LogP) is 0.225. The fourth-order valence-electron chi connectivity index (χ4n) is 0.142. The van der Waals surface area contributed by atoms with Gasteiger partial charge in [-0.1, -0.05) is 0 Å². The van der Waals surface area contributed by atoms with Crippen LogP contribution in [0.5, 0.6) is 0 Å². The van der Waals surface area contributed by atoms with Gasteiger partial charge in [-0.05, 0) is 6.92 Å². The first-order valence-electron chi connectivity index (χ1n) is 2.80. The fraction of sp³-hybridized carbons (Fsp3) is 0.400. The highest BCUT2D eigenvalue weighted by atomic mass is 16.6. The molecule has 0 atom stereocenters. The van der Waals surface area contributed by atoms with E-state index in [-0.39, 0.29) is 0 Å². The molecule has 0 aromatic rings. The number of amides is 1. The number of ether oxygens (including phenoxy) is 1. The summed E-state index contributed by atoms with van der Waals surface area (Å²) in [4.78, 5) is 26.5. The van der Waals surface area contributed by atoms with Crippen molar-refractivity contribution >= 4 is 18.3 Å². The molecule has 76 valence electrons. The Morgan fingerprint density at radius 2 is 1.77 bits per heavy atom. The third-order valence-corrected chi connectivity index (χ3v) is 0.287. The minimum Gasteiger partial charge on any atom is -0.450 e. The van der Waals surface area contributed by atoms with E-state index in [2.05, 4.69) is 10.5 Å². The molecular weight excluding hydrogens is 184 g/mol. The predicted molar refractivity (Wildman–Crippen MR) is 40.3 cm³/mol. The van der Waals surface area contributed by atoms with Gasteiger partial charge in [0.25, 0.3) is 0 Å². The van der Waals surface area contributed by atoms with Crippen molar-refractivity contribution in [3.8, 4) is 0 Å². The number of carbonyl (C=O) groups excluding carboxylic acids is 2. The Morgan fingerprint density at radius 1 is 1.54 bits per heavy atom. The van der Waals surface area contributed by atoms with Crippen LogP contribution >= 0.6 is 0 Å². The van der Waals surface area contributed by atoms with E-state index >= 15 is 0 Å². The number of rotatable bonds is 1. The fourth-order valence-corrected chi connectivity index (χ4v) is 0.142. The highest BCUT2D eigenvalue weighted by Crippen LogP contribution is 1.66. The molecule has 1 amide bonds. The number of carboxylic acid groups (broad SMARTS) is 2. The molecule has 0 radical (unpaired) electrons. The van der Waals surface area contributed by atoms with Gasteiger partial charge < -0.3 is 20.7 Å². The summed E-state index contributed by atoms with van der Waals surface area (Å²) in [5.74, 6) is 0. The van der Waals surface area contributed by atoms with Crippen molar-refractivity contribution in [3.63, 3.8) is 0 Å². The van der Waals surface area contributed by atoms with Crippen LogP contribution in [0.2, 0.25) is 0 Å². The van der Waals surface area contributed by atoms with Crippen molar-refractivity contribution in [2.24, 2.45) is 5.73 Å². The Labute approximate surface area is 73.4 Å². The standard InChI is InChI=1S/C3H7NO2.CHNO.CH2O3/c1-2-6-3(4)5;2-1-3;2-1(3)4/h2H2,1H3,(H2,4,5);2H;(H2,2,3,4). The first kappa shape index (κ1) is 17.1. The number of carbonyl (C=O) groups is 2. The molecule has 0 aromatic carbocycles. The van der Waals surface area contributed by atoms with Gasteiger partial charge in [-0.15, -0.1) is 0 Å². The summed E-state index contributed by atoms with van der Waals surface area (Å²) in [6.45, 7) is 2.06. The van der Waals surface area contributed by atoms with Crippen molar-refractivity contribution < 1.29 is 29.3 Å². The molecule has 0 saturated carbocycles. The van der Waals surface area contributed by atoms with Gasteiger partial charge >= 0.3 is 12.2 Å². The van der Waals surface area contributed by atoms with E-state index in [9.17, 15) is 4.79 Å². The number of nitrogens with two attached hydrogens (primary N) is 1. The second-order valence-corrected chi connectivity index (χ2v) is 1.14. The number of isocyanates is 1. The Hall–Kier alpha value is -2.08. The molecule has 8 nitrogen and oxygen atoms in total. The lowest BCUT2D eigenvalue weighted by atomic mass is 10.9. The SMILES string of the molecule is CCOC(N)=O.N=C=O.O=C(O)O. The van der Waals surface area contributed by atoms with Gasteiger partial charge in [0.1, 0.15) is 0 Å². The topological polar surface area (TPSA) is 151 Å². The van der Waals surface area contributed by atoms with Crippen LogP contribution in [0.15, 0.2) is 0 Å². The Bertz CT molecular complexity index is 170. The molecule has 8 heteroatoms. The summed E-state index contributed by atoms with van der Waals surface area (Å²) in [6, 6.07) is 0. The van der Waals surface area contributed by atoms with Gasteiger partial charge in [0.2, 0.25) is 6.08 Å². The molecule has 0 aliphatic heterocycles. The van der Waals surface area contributed by atoms with E-state index in [0.29, 0.717) is 6.61 Å². The molecule has 0 aliphatic carbocycles. The molecule has 0 fully saturated rings. The van der Waals surface area contributed by atoms with Crippen LogP contribution in [0, 0.1) is 5.41 Å². The summed E-state index contributed by atoms with van der Waals surface area (Å²) in [6.07, 6.45) is -1.79. The number of primary amides is 1. The van der Waals surface area contributed by atoms with Gasteiger partial charge in [-0.25, -0.2) is 19.8 Å². The normalized spacial score (nSPS) is 5.92. The quantitative estimate of drug-likeness (QED) is 0.346. The van der Waals surface area contributed by atoms with Crippen molar-refractivity contribution in [2.45, 2.75) is 6.92 Å². The van der Waals surface area contributed by atoms with E-state index in [0.717, 1.165) is 6.08 Å². The van der Waals surface area contributed by atoms with E-state index in [1.165, 1.54) is 0 Å². The zero-order valence-electron chi connectivity index (χ0n) is 6.81. The number of nitrogens with one attached hydrogen (secondary N) is 1. The molecule has 0 unspecified atom stereocenters. The zero-order valence-corrected chi connectivity index (χ0v) is 6.81. The molecule has 13 heavy (non-hydrogen) atoms. The molecule has 0 rings (SSSR count). The Kier molecular flexibility index (Phi) is 21.7. The van der Waals surface area contributed by atoms with E-state index in [4.69, 9.17) is 25.2 Å². The molecule has 0 spiro atoms. The largest absolute Gasteiger partial charge is 0.503 e. The summed E-state index contributed by atoms with van der Waals surface area (Å²) in [7, 11) is 0. The molecule has 0 bridgehead atoms. The molecular formula is C5H10N2O6. The van der Waals surface area contributed by atoms with Crippen LogP contribution in [0.25, 0.3) is 0 Å². The molecule has 0 aromatic heterocycles. The first-order valence-corrected chi connectivity index (χ1v) is 2.80. The summed E-state index contributed by atoms with van der Waals surface area (Å²) in [5.41, 5.74) is 4.54. The maximum absolute atomic E-state index is 9.60. The van der Waals surface area contributed by atoms with E-state index < -0.39 is 12.2 Å². The zero-order chi connectivity index (χ0) is 11.3. The van der Waals surface area contributed by atoms with Gasteiger partial charge in [0.15, 0.2) is 0 Å². The monoisotopic (exact) mass is 194 g/mol. The molecule has 5 N–H and O–H groups in total. The van der Waals surface area contributed by atoms with Crippen molar-refractivity contribution in [1.82, 2.24) is 0 Å². The Balaban J connectivity index is -0.000000125. The van der Waals surface area contributed by atoms with Crippen LogP contribution in [-0.4, -0.2) is 35.1 Å². The smallest absolute Gasteiger partial charge is 0.450 e. The second-order valence-electron chi connectivity index (χ2n) is 1.14. The van der Waals surface area contributed by atoms with Crippen molar-refractivity contribution in [2.75, 3.05) is 6.61 Å². The number of hydrogen-bond donors (Lipinski definition) is 4. The maximum atomic E-state index is 9.60. The van der Waals surface area contributed by atoms with E-state index in [1.807, 2.05) is 0 Å². The van der Waals surface area contributed by atoms with Crippen LogP contribution in [-0.2, 0) is 9.53 Å². The molecule has 0 heterocycles. The minimum absolute atomic E-state index is 0.356. The van der Waals surface area contributed by atoms with Crippen LogP contribution in [0.3, 0.4) is 0 Å². The lowest BCUT2D eigenvalue weighted by molar-refractivity contribution is 0.136. The minimum atomic E-state index is -1.83.